The highest BCUT2D eigenvalue weighted by Crippen LogP contribution is 2.28. The molecule has 0 atom stereocenters. The van der Waals surface area contributed by atoms with Crippen molar-refractivity contribution in [3.8, 4) is 5.75 Å². The fourth-order valence-electron chi connectivity index (χ4n) is 2.44. The third-order valence-corrected chi connectivity index (χ3v) is 5.79. The van der Waals surface area contributed by atoms with E-state index in [0.717, 1.165) is 0 Å². The van der Waals surface area contributed by atoms with E-state index in [4.69, 9.17) is 11.6 Å². The summed E-state index contributed by atoms with van der Waals surface area (Å²) in [6.45, 7) is 0.0155. The van der Waals surface area contributed by atoms with Crippen LogP contribution < -0.4 is 4.31 Å². The number of halogens is 1. The number of phenolic OH excluding ortho intramolecular Hbond substituents is 1. The van der Waals surface area contributed by atoms with Crippen LogP contribution in [-0.4, -0.2) is 13.5 Å². The molecular weight excluding hydrogens is 358 g/mol. The van der Waals surface area contributed by atoms with Crippen molar-refractivity contribution in [2.75, 3.05) is 4.31 Å². The predicted octanol–water partition coefficient (Wildman–Crippen LogP) is 4.44. The zero-order valence-electron chi connectivity index (χ0n) is 13.2. The van der Waals surface area contributed by atoms with E-state index in [2.05, 4.69) is 0 Å². The zero-order valence-corrected chi connectivity index (χ0v) is 14.8. The Morgan fingerprint density at radius 2 is 1.44 bits per heavy atom. The lowest BCUT2D eigenvalue weighted by Gasteiger charge is -2.25. The summed E-state index contributed by atoms with van der Waals surface area (Å²) in [6, 6.07) is 21.5. The van der Waals surface area contributed by atoms with Gasteiger partial charge < -0.3 is 5.11 Å². The Bertz CT molecular complexity index is 957. The van der Waals surface area contributed by atoms with Crippen LogP contribution in [0.5, 0.6) is 5.75 Å². The third kappa shape index (κ3) is 3.78. The van der Waals surface area contributed by atoms with Crippen LogP contribution in [-0.2, 0) is 16.6 Å². The Labute approximate surface area is 152 Å². The highest BCUT2D eigenvalue weighted by Gasteiger charge is 2.25. The van der Waals surface area contributed by atoms with Crippen molar-refractivity contribution in [3.05, 3.63) is 89.4 Å². The highest BCUT2D eigenvalue weighted by molar-refractivity contribution is 7.92. The summed E-state index contributed by atoms with van der Waals surface area (Å²) in [5.41, 5.74) is 1.03. The average molecular weight is 374 g/mol. The summed E-state index contributed by atoms with van der Waals surface area (Å²) < 4.78 is 27.6. The van der Waals surface area contributed by atoms with Gasteiger partial charge in [0.25, 0.3) is 10.0 Å². The summed E-state index contributed by atoms with van der Waals surface area (Å²) in [5.74, 6) is 0.0507. The monoisotopic (exact) mass is 373 g/mol. The van der Waals surface area contributed by atoms with Gasteiger partial charge in [0.2, 0.25) is 0 Å². The molecule has 0 saturated heterocycles. The van der Waals surface area contributed by atoms with Gasteiger partial charge in [-0.15, -0.1) is 0 Å². The molecule has 1 N–H and O–H groups in total. The molecule has 4 nitrogen and oxygen atoms in total. The Morgan fingerprint density at radius 1 is 0.840 bits per heavy atom. The molecule has 0 saturated carbocycles. The van der Waals surface area contributed by atoms with Crippen molar-refractivity contribution in [2.24, 2.45) is 0 Å². The fourth-order valence-corrected chi connectivity index (χ4v) is 4.01. The van der Waals surface area contributed by atoms with E-state index < -0.39 is 10.0 Å². The number of sulfonamides is 1. The molecule has 0 spiro atoms. The number of nitrogens with zero attached hydrogens (tertiary/aromatic N) is 1. The molecule has 0 amide bonds. The lowest BCUT2D eigenvalue weighted by atomic mass is 10.2. The smallest absolute Gasteiger partial charge is 0.264 e. The molecule has 3 aromatic rings. The summed E-state index contributed by atoms with van der Waals surface area (Å²) in [4.78, 5) is 0.135. The quantitative estimate of drug-likeness (QED) is 0.719. The second-order valence-corrected chi connectivity index (χ2v) is 7.73. The average Bonchev–Trinajstić information content (AvgIpc) is 2.62. The van der Waals surface area contributed by atoms with Gasteiger partial charge in [-0.05, 0) is 42.5 Å². The second-order valence-electron chi connectivity index (χ2n) is 5.43. The Morgan fingerprint density at radius 3 is 2.08 bits per heavy atom. The summed E-state index contributed by atoms with van der Waals surface area (Å²) in [6.07, 6.45) is 0. The van der Waals surface area contributed by atoms with E-state index in [-0.39, 0.29) is 17.2 Å². The van der Waals surface area contributed by atoms with E-state index in [1.807, 2.05) is 6.07 Å². The van der Waals surface area contributed by atoms with Crippen molar-refractivity contribution < 1.29 is 13.5 Å². The van der Waals surface area contributed by atoms with Gasteiger partial charge in [-0.2, -0.15) is 0 Å². The molecule has 6 heteroatoms. The normalized spacial score (nSPS) is 11.2. The molecule has 3 aromatic carbocycles. The fraction of sp³-hybridized carbons (Fsp3) is 0.0526. The van der Waals surface area contributed by atoms with Crippen LogP contribution in [0.25, 0.3) is 0 Å². The number of aromatic hydroxyl groups is 1. The SMILES string of the molecule is O=S(=O)(c1ccc(Cl)cc1)N(Cc1ccccc1O)c1ccccc1. The number of para-hydroxylation sites is 2. The number of hydrogen-bond donors (Lipinski definition) is 1. The molecule has 0 bridgehead atoms. The highest BCUT2D eigenvalue weighted by atomic mass is 35.5. The van der Waals surface area contributed by atoms with Gasteiger partial charge in [0.1, 0.15) is 5.75 Å². The van der Waals surface area contributed by atoms with Crippen molar-refractivity contribution >= 4 is 27.3 Å². The lowest BCUT2D eigenvalue weighted by molar-refractivity contribution is 0.468. The maximum atomic E-state index is 13.2. The number of rotatable bonds is 5. The molecule has 0 aliphatic carbocycles. The van der Waals surface area contributed by atoms with E-state index >= 15 is 0 Å². The van der Waals surface area contributed by atoms with Crippen LogP contribution in [0, 0.1) is 0 Å². The van der Waals surface area contributed by atoms with Gasteiger partial charge in [-0.25, -0.2) is 8.42 Å². The molecule has 0 unspecified atom stereocenters. The van der Waals surface area contributed by atoms with Gasteiger partial charge in [0.15, 0.2) is 0 Å². The van der Waals surface area contributed by atoms with Crippen LogP contribution in [0.2, 0.25) is 5.02 Å². The molecule has 0 aromatic heterocycles. The number of phenols is 1. The third-order valence-electron chi connectivity index (χ3n) is 3.75. The summed E-state index contributed by atoms with van der Waals surface area (Å²) in [7, 11) is -3.82. The van der Waals surface area contributed by atoms with Crippen LogP contribution in [0.15, 0.2) is 83.8 Å². The Hall–Kier alpha value is -2.50. The van der Waals surface area contributed by atoms with Crippen molar-refractivity contribution in [1.29, 1.82) is 0 Å². The molecule has 3 rings (SSSR count). The lowest BCUT2D eigenvalue weighted by Crippen LogP contribution is -2.30. The Balaban J connectivity index is 2.08. The van der Waals surface area contributed by atoms with E-state index in [1.54, 1.807) is 42.5 Å². The van der Waals surface area contributed by atoms with Crippen LogP contribution in [0.3, 0.4) is 0 Å². The molecule has 0 radical (unpaired) electrons. The second kappa shape index (κ2) is 7.17. The number of hydrogen-bond acceptors (Lipinski definition) is 3. The summed E-state index contributed by atoms with van der Waals surface area (Å²) >= 11 is 5.87. The molecule has 0 aliphatic rings. The maximum Gasteiger partial charge on any atom is 0.264 e. The molecular formula is C19H16ClNO3S. The first kappa shape index (κ1) is 17.3. The number of anilines is 1. The van der Waals surface area contributed by atoms with Gasteiger partial charge in [-0.1, -0.05) is 48.0 Å². The van der Waals surface area contributed by atoms with E-state index in [1.165, 1.54) is 34.6 Å². The Kier molecular flexibility index (Phi) is 4.97. The zero-order chi connectivity index (χ0) is 17.9. The minimum Gasteiger partial charge on any atom is -0.508 e. The van der Waals surface area contributed by atoms with Crippen LogP contribution >= 0.6 is 11.6 Å². The van der Waals surface area contributed by atoms with Crippen molar-refractivity contribution in [3.63, 3.8) is 0 Å². The van der Waals surface area contributed by atoms with Crippen molar-refractivity contribution in [2.45, 2.75) is 11.4 Å². The number of benzene rings is 3. The first-order valence-corrected chi connectivity index (χ1v) is 9.40. The standard InChI is InChI=1S/C19H16ClNO3S/c20-16-10-12-18(13-11-16)25(23,24)21(17-7-2-1-3-8-17)14-15-6-4-5-9-19(15)22/h1-13,22H,14H2. The molecule has 0 aliphatic heterocycles. The van der Waals surface area contributed by atoms with E-state index in [0.29, 0.717) is 16.3 Å². The first-order chi connectivity index (χ1) is 12.0. The van der Waals surface area contributed by atoms with Crippen LogP contribution in [0.4, 0.5) is 5.69 Å². The first-order valence-electron chi connectivity index (χ1n) is 7.59. The largest absolute Gasteiger partial charge is 0.508 e. The van der Waals surface area contributed by atoms with E-state index in [9.17, 15) is 13.5 Å². The van der Waals surface area contributed by atoms with Gasteiger partial charge >= 0.3 is 0 Å². The minimum absolute atomic E-state index is 0.0155. The predicted molar refractivity (Wildman–Crippen MR) is 99.4 cm³/mol. The summed E-state index contributed by atoms with van der Waals surface area (Å²) in [5, 5.41) is 10.5. The van der Waals surface area contributed by atoms with Gasteiger partial charge in [0, 0.05) is 10.6 Å². The molecule has 128 valence electrons. The minimum atomic E-state index is -3.82. The molecule has 0 heterocycles. The molecule has 25 heavy (non-hydrogen) atoms. The molecule has 0 fully saturated rings. The van der Waals surface area contributed by atoms with Gasteiger partial charge in [-0.3, -0.25) is 4.31 Å². The maximum absolute atomic E-state index is 13.2. The van der Waals surface area contributed by atoms with Crippen molar-refractivity contribution in [1.82, 2.24) is 0 Å². The topological polar surface area (TPSA) is 57.6 Å². The van der Waals surface area contributed by atoms with Gasteiger partial charge in [0.05, 0.1) is 17.1 Å². The van der Waals surface area contributed by atoms with Crippen LogP contribution in [0.1, 0.15) is 5.56 Å².